The van der Waals surface area contributed by atoms with Crippen LogP contribution in [0.25, 0.3) is 27.8 Å². The first-order valence-electron chi connectivity index (χ1n) is 9.27. The zero-order valence-corrected chi connectivity index (χ0v) is 14.8. The van der Waals surface area contributed by atoms with Gasteiger partial charge in [-0.2, -0.15) is 10.1 Å². The second-order valence-electron chi connectivity index (χ2n) is 7.20. The zero-order valence-electron chi connectivity index (χ0n) is 14.8. The number of anilines is 1. The van der Waals surface area contributed by atoms with Crippen molar-refractivity contribution >= 4 is 22.6 Å². The summed E-state index contributed by atoms with van der Waals surface area (Å²) in [5.41, 5.74) is 2.35. The molecule has 4 heterocycles. The largest absolute Gasteiger partial charge is 0.351 e. The molecule has 2 N–H and O–H groups in total. The van der Waals surface area contributed by atoms with Crippen molar-refractivity contribution in [2.45, 2.75) is 37.8 Å². The van der Waals surface area contributed by atoms with E-state index >= 15 is 0 Å². The Balaban J connectivity index is 1.40. The van der Waals surface area contributed by atoms with Gasteiger partial charge in [0.15, 0.2) is 5.65 Å². The molecule has 0 aliphatic heterocycles. The minimum absolute atomic E-state index is 0.259. The van der Waals surface area contributed by atoms with Gasteiger partial charge in [0.1, 0.15) is 17.6 Å². The van der Waals surface area contributed by atoms with Gasteiger partial charge in [-0.15, -0.1) is 0 Å². The molecular formula is C19H20FN7. The summed E-state index contributed by atoms with van der Waals surface area (Å²) < 4.78 is 16.5. The second kappa shape index (κ2) is 6.29. The first-order valence-corrected chi connectivity index (χ1v) is 9.27. The highest BCUT2D eigenvalue weighted by molar-refractivity contribution is 5.93. The molecule has 1 aliphatic carbocycles. The van der Waals surface area contributed by atoms with Crippen LogP contribution >= 0.6 is 0 Å². The van der Waals surface area contributed by atoms with Gasteiger partial charge in [-0.3, -0.25) is 0 Å². The summed E-state index contributed by atoms with van der Waals surface area (Å²) >= 11 is 0. The van der Waals surface area contributed by atoms with Crippen molar-refractivity contribution in [3.05, 3.63) is 37.1 Å². The third-order valence-corrected chi connectivity index (χ3v) is 5.33. The molecule has 7 nitrogen and oxygen atoms in total. The van der Waals surface area contributed by atoms with Gasteiger partial charge in [0.25, 0.3) is 0 Å². The molecule has 0 amide bonds. The molecule has 8 heteroatoms. The van der Waals surface area contributed by atoms with Crippen LogP contribution in [-0.4, -0.2) is 41.8 Å². The zero-order chi connectivity index (χ0) is 18.3. The number of aromatic amines is 1. The number of alkyl halides is 1. The molecule has 0 radical (unpaired) electrons. The van der Waals surface area contributed by atoms with Crippen molar-refractivity contribution in [2.75, 3.05) is 11.9 Å². The SMILES string of the molecule is FC1(CNc2ncc3c(-c4ccc5ncnn5c4)c[nH]c3n2)CCCCC1. The Morgan fingerprint density at radius 2 is 2.07 bits per heavy atom. The molecule has 27 heavy (non-hydrogen) atoms. The van der Waals surface area contributed by atoms with E-state index in [-0.39, 0.29) is 6.54 Å². The third-order valence-electron chi connectivity index (χ3n) is 5.33. The molecule has 0 bridgehead atoms. The van der Waals surface area contributed by atoms with Gasteiger partial charge in [-0.05, 0) is 25.0 Å². The smallest absolute Gasteiger partial charge is 0.224 e. The molecular weight excluding hydrogens is 345 g/mol. The summed E-state index contributed by atoms with van der Waals surface area (Å²) in [5, 5.41) is 8.16. The predicted octanol–water partition coefficient (Wildman–Crippen LogP) is 3.75. The van der Waals surface area contributed by atoms with Crippen molar-refractivity contribution in [1.82, 2.24) is 29.5 Å². The number of H-pyrrole nitrogens is 1. The van der Waals surface area contributed by atoms with E-state index in [9.17, 15) is 4.39 Å². The van der Waals surface area contributed by atoms with E-state index in [4.69, 9.17) is 0 Å². The van der Waals surface area contributed by atoms with E-state index in [2.05, 4.69) is 30.4 Å². The van der Waals surface area contributed by atoms with E-state index in [1.807, 2.05) is 24.5 Å². The van der Waals surface area contributed by atoms with Crippen LogP contribution in [0.2, 0.25) is 0 Å². The molecule has 5 rings (SSSR count). The average molecular weight is 365 g/mol. The molecule has 0 atom stereocenters. The Labute approximate surface area is 155 Å². The Morgan fingerprint density at radius 1 is 1.19 bits per heavy atom. The third kappa shape index (κ3) is 3.01. The number of pyridine rings is 1. The number of rotatable bonds is 4. The molecule has 4 aromatic rings. The van der Waals surface area contributed by atoms with E-state index < -0.39 is 5.67 Å². The molecule has 138 valence electrons. The molecule has 0 saturated heterocycles. The normalized spacial score (nSPS) is 16.8. The highest BCUT2D eigenvalue weighted by Crippen LogP contribution is 2.32. The Morgan fingerprint density at radius 3 is 2.96 bits per heavy atom. The Kier molecular flexibility index (Phi) is 3.77. The number of hydrogen-bond acceptors (Lipinski definition) is 5. The van der Waals surface area contributed by atoms with Crippen LogP contribution in [0.5, 0.6) is 0 Å². The summed E-state index contributed by atoms with van der Waals surface area (Å²) in [6.45, 7) is 0.259. The second-order valence-corrected chi connectivity index (χ2v) is 7.20. The molecule has 1 aliphatic rings. The number of nitrogens with one attached hydrogen (secondary N) is 2. The van der Waals surface area contributed by atoms with Crippen molar-refractivity contribution < 1.29 is 4.39 Å². The van der Waals surface area contributed by atoms with E-state index in [1.165, 1.54) is 6.33 Å². The average Bonchev–Trinajstić information content (AvgIpc) is 3.32. The Hall–Kier alpha value is -3.03. The molecule has 1 saturated carbocycles. The standard InChI is InChI=1S/C19H20FN7/c20-19(6-2-1-3-7-19)11-23-18-22-9-15-14(8-21-17(15)26-18)13-4-5-16-24-12-25-27(16)10-13/h4-5,8-10,12H,1-3,6-7,11H2,(H2,21,22,23,26). The molecule has 0 spiro atoms. The maximum absolute atomic E-state index is 14.8. The highest BCUT2D eigenvalue weighted by atomic mass is 19.1. The van der Waals surface area contributed by atoms with E-state index in [0.29, 0.717) is 18.8 Å². The number of hydrogen-bond donors (Lipinski definition) is 2. The lowest BCUT2D eigenvalue weighted by molar-refractivity contribution is 0.122. The van der Waals surface area contributed by atoms with Crippen LogP contribution in [0, 0.1) is 0 Å². The van der Waals surface area contributed by atoms with Crippen LogP contribution in [0.3, 0.4) is 0 Å². The number of nitrogens with zero attached hydrogens (tertiary/aromatic N) is 5. The van der Waals surface area contributed by atoms with Gasteiger partial charge in [-0.25, -0.2) is 18.9 Å². The minimum atomic E-state index is -1.15. The highest BCUT2D eigenvalue weighted by Gasteiger charge is 2.31. The molecule has 0 unspecified atom stereocenters. The van der Waals surface area contributed by atoms with Gasteiger partial charge < -0.3 is 10.3 Å². The first-order chi connectivity index (χ1) is 13.2. The topological polar surface area (TPSA) is 83.8 Å². The van der Waals surface area contributed by atoms with Gasteiger partial charge in [0.2, 0.25) is 5.95 Å². The fourth-order valence-electron chi connectivity index (χ4n) is 3.81. The first kappa shape index (κ1) is 16.2. The van der Waals surface area contributed by atoms with Crippen LogP contribution < -0.4 is 5.32 Å². The lowest BCUT2D eigenvalue weighted by Crippen LogP contribution is -2.34. The summed E-state index contributed by atoms with van der Waals surface area (Å²) in [6, 6.07) is 3.91. The summed E-state index contributed by atoms with van der Waals surface area (Å²) in [5.74, 6) is 0.449. The van der Waals surface area contributed by atoms with Gasteiger partial charge in [0, 0.05) is 35.1 Å². The number of halogens is 1. The molecule has 4 aromatic heterocycles. The Bertz CT molecular complexity index is 1090. The van der Waals surface area contributed by atoms with Crippen LogP contribution in [0.4, 0.5) is 10.3 Å². The fraction of sp³-hybridized carbons (Fsp3) is 0.368. The van der Waals surface area contributed by atoms with Gasteiger partial charge in [-0.1, -0.05) is 19.3 Å². The van der Waals surface area contributed by atoms with Crippen molar-refractivity contribution in [3.8, 4) is 11.1 Å². The lowest BCUT2D eigenvalue weighted by Gasteiger charge is -2.29. The van der Waals surface area contributed by atoms with E-state index in [1.54, 1.807) is 10.7 Å². The number of fused-ring (bicyclic) bond motifs is 2. The van der Waals surface area contributed by atoms with Crippen LogP contribution in [-0.2, 0) is 0 Å². The maximum Gasteiger partial charge on any atom is 0.224 e. The van der Waals surface area contributed by atoms with Gasteiger partial charge in [0.05, 0.1) is 6.54 Å². The fourth-order valence-corrected chi connectivity index (χ4v) is 3.81. The minimum Gasteiger partial charge on any atom is -0.351 e. The maximum atomic E-state index is 14.8. The van der Waals surface area contributed by atoms with Crippen molar-refractivity contribution in [1.29, 1.82) is 0 Å². The summed E-state index contributed by atoms with van der Waals surface area (Å²) in [4.78, 5) is 16.2. The number of aromatic nitrogens is 6. The predicted molar refractivity (Wildman–Crippen MR) is 101 cm³/mol. The monoisotopic (exact) mass is 365 g/mol. The molecule has 1 fully saturated rings. The van der Waals surface area contributed by atoms with Crippen molar-refractivity contribution in [2.24, 2.45) is 0 Å². The van der Waals surface area contributed by atoms with E-state index in [0.717, 1.165) is 47.1 Å². The summed E-state index contributed by atoms with van der Waals surface area (Å²) in [7, 11) is 0. The molecule has 0 aromatic carbocycles. The van der Waals surface area contributed by atoms with Gasteiger partial charge >= 0.3 is 0 Å². The van der Waals surface area contributed by atoms with Crippen LogP contribution in [0.15, 0.2) is 37.1 Å². The van der Waals surface area contributed by atoms with Crippen molar-refractivity contribution in [3.63, 3.8) is 0 Å². The van der Waals surface area contributed by atoms with Crippen LogP contribution in [0.1, 0.15) is 32.1 Å². The summed E-state index contributed by atoms with van der Waals surface area (Å²) in [6.07, 6.45) is 11.4. The quantitative estimate of drug-likeness (QED) is 0.575. The lowest BCUT2D eigenvalue weighted by atomic mass is 9.86.